The van der Waals surface area contributed by atoms with Gasteiger partial charge in [0, 0.05) is 16.5 Å². The molecule has 226 valence electrons. The van der Waals surface area contributed by atoms with Crippen molar-refractivity contribution in [3.05, 3.63) is 62.4 Å². The predicted molar refractivity (Wildman–Crippen MR) is 160 cm³/mol. The summed E-state index contributed by atoms with van der Waals surface area (Å²) in [5, 5.41) is 3.44. The molecule has 3 aromatic rings. The smallest absolute Gasteiger partial charge is 0.408 e. The van der Waals surface area contributed by atoms with Crippen LogP contribution in [-0.2, 0) is 49.8 Å². The first-order valence-electron chi connectivity index (χ1n) is 14.4. The van der Waals surface area contributed by atoms with E-state index in [-0.39, 0.29) is 24.2 Å². The number of fused-ring (bicyclic) bond motifs is 4. The number of pyridine rings is 2. The molecule has 1 aromatic carbocycles. The Labute approximate surface area is 246 Å². The molecule has 1 atom stereocenters. The highest BCUT2D eigenvalue weighted by molar-refractivity contribution is 5.88. The summed E-state index contributed by atoms with van der Waals surface area (Å²) in [6.45, 7) is 14.9. The van der Waals surface area contributed by atoms with Crippen LogP contribution in [0.4, 0.5) is 4.79 Å². The molecule has 1 amide bonds. The zero-order valence-corrected chi connectivity index (χ0v) is 25.8. The molecule has 0 saturated carbocycles. The minimum atomic E-state index is -0.876. The van der Waals surface area contributed by atoms with Crippen molar-refractivity contribution in [3.8, 4) is 11.4 Å². The average Bonchev–Trinajstić information content (AvgIpc) is 3.32. The fraction of sp³-hybridized carbons (Fsp3) is 0.469. The van der Waals surface area contributed by atoms with Crippen LogP contribution in [0.3, 0.4) is 0 Å². The molecule has 4 rings (SSSR count). The lowest BCUT2D eigenvalue weighted by Crippen LogP contribution is -2.36. The summed E-state index contributed by atoms with van der Waals surface area (Å²) >= 11 is 0. The number of benzene rings is 1. The Kier molecular flexibility index (Phi) is 10.5. The van der Waals surface area contributed by atoms with E-state index in [0.29, 0.717) is 23.5 Å². The molecule has 0 aliphatic carbocycles. The minimum absolute atomic E-state index is 0.208. The number of ether oxygens (including phenoxy) is 3. The number of amides is 1. The first-order valence-corrected chi connectivity index (χ1v) is 14.4. The van der Waals surface area contributed by atoms with Crippen molar-refractivity contribution >= 4 is 29.4 Å². The summed E-state index contributed by atoms with van der Waals surface area (Å²) in [5.74, 6) is -0.717. The molecule has 0 saturated heterocycles. The third-order valence-corrected chi connectivity index (χ3v) is 6.84. The van der Waals surface area contributed by atoms with Crippen LogP contribution >= 0.6 is 0 Å². The van der Waals surface area contributed by atoms with Gasteiger partial charge in [0.1, 0.15) is 24.9 Å². The molecule has 0 bridgehead atoms. The van der Waals surface area contributed by atoms with Crippen molar-refractivity contribution in [2.75, 3.05) is 6.54 Å². The van der Waals surface area contributed by atoms with Gasteiger partial charge < -0.3 is 24.1 Å². The Morgan fingerprint density at radius 2 is 1.83 bits per heavy atom. The highest BCUT2D eigenvalue weighted by atomic mass is 16.6. The van der Waals surface area contributed by atoms with Crippen molar-refractivity contribution < 1.29 is 28.6 Å². The monoisotopic (exact) mass is 579 g/mol. The van der Waals surface area contributed by atoms with Gasteiger partial charge in [0.15, 0.2) is 0 Å². The molecule has 0 fully saturated rings. The van der Waals surface area contributed by atoms with E-state index in [9.17, 15) is 19.2 Å². The number of aryl methyl sites for hydroxylation is 2. The van der Waals surface area contributed by atoms with E-state index in [1.807, 2.05) is 19.9 Å². The molecule has 1 aliphatic heterocycles. The quantitative estimate of drug-likeness (QED) is 0.159. The van der Waals surface area contributed by atoms with E-state index < -0.39 is 30.3 Å². The first-order chi connectivity index (χ1) is 20.0. The zero-order valence-electron chi connectivity index (χ0n) is 25.8. The number of esters is 1. The van der Waals surface area contributed by atoms with E-state index in [1.165, 1.54) is 5.56 Å². The Balaban J connectivity index is 0.00000237. The van der Waals surface area contributed by atoms with Gasteiger partial charge in [-0.2, -0.15) is 0 Å². The van der Waals surface area contributed by atoms with E-state index in [2.05, 4.69) is 31.3 Å². The molecule has 3 heterocycles. The summed E-state index contributed by atoms with van der Waals surface area (Å²) in [7, 11) is 0. The molecule has 2 aromatic heterocycles. The number of hydrogen-bond donors (Lipinski definition) is 1. The maximum atomic E-state index is 13.7. The van der Waals surface area contributed by atoms with Crippen LogP contribution in [0.15, 0.2) is 29.1 Å². The second-order valence-corrected chi connectivity index (χ2v) is 10.7. The van der Waals surface area contributed by atoms with Crippen molar-refractivity contribution in [2.45, 2.75) is 93.1 Å². The van der Waals surface area contributed by atoms with Crippen LogP contribution in [0.2, 0.25) is 0 Å². The van der Waals surface area contributed by atoms with Gasteiger partial charge in [0.25, 0.3) is 12.0 Å². The molecule has 0 unspecified atom stereocenters. The van der Waals surface area contributed by atoms with Gasteiger partial charge in [-0.15, -0.1) is 0 Å². The number of carbonyl (C=O) groups excluding carboxylic acids is 3. The fourth-order valence-corrected chi connectivity index (χ4v) is 5.03. The summed E-state index contributed by atoms with van der Waals surface area (Å²) in [4.78, 5) is 54.1. The second kappa shape index (κ2) is 13.6. The Bertz CT molecular complexity index is 1540. The number of aromatic nitrogens is 2. The highest BCUT2D eigenvalue weighted by Crippen LogP contribution is 2.37. The third kappa shape index (κ3) is 6.98. The lowest BCUT2D eigenvalue weighted by molar-refractivity contribution is -0.147. The van der Waals surface area contributed by atoms with Gasteiger partial charge in [-0.1, -0.05) is 33.8 Å². The summed E-state index contributed by atoms with van der Waals surface area (Å²) in [6.07, 6.45) is 0.0484. The lowest BCUT2D eigenvalue weighted by Gasteiger charge is -2.20. The van der Waals surface area contributed by atoms with E-state index in [4.69, 9.17) is 19.2 Å². The maximum absolute atomic E-state index is 13.7. The van der Waals surface area contributed by atoms with Crippen LogP contribution < -0.4 is 10.9 Å². The molecule has 0 spiro atoms. The van der Waals surface area contributed by atoms with Crippen LogP contribution in [0, 0.1) is 0 Å². The number of alkyl carbamates (subject to hydrolysis) is 1. The molecule has 1 aliphatic rings. The Hall–Kier alpha value is -4.21. The maximum Gasteiger partial charge on any atom is 0.408 e. The lowest BCUT2D eigenvalue weighted by atomic mass is 9.96. The summed E-state index contributed by atoms with van der Waals surface area (Å²) in [6, 6.07) is 7.99. The van der Waals surface area contributed by atoms with Gasteiger partial charge >= 0.3 is 12.1 Å². The zero-order chi connectivity index (χ0) is 31.2. The van der Waals surface area contributed by atoms with Crippen LogP contribution in [-0.4, -0.2) is 40.2 Å². The molecule has 1 N–H and O–H groups in total. The largest absolute Gasteiger partial charge is 0.463 e. The van der Waals surface area contributed by atoms with Gasteiger partial charge in [-0.25, -0.2) is 9.78 Å². The fourth-order valence-electron chi connectivity index (χ4n) is 5.03. The highest BCUT2D eigenvalue weighted by Gasteiger charge is 2.30. The average molecular weight is 580 g/mol. The number of hydrogen-bond acceptors (Lipinski definition) is 8. The van der Waals surface area contributed by atoms with Crippen molar-refractivity contribution in [1.29, 1.82) is 0 Å². The van der Waals surface area contributed by atoms with Gasteiger partial charge in [0.2, 0.25) is 0 Å². The first kappa shape index (κ1) is 32.3. The Morgan fingerprint density at radius 1 is 1.12 bits per heavy atom. The summed E-state index contributed by atoms with van der Waals surface area (Å²) < 4.78 is 17.3. The molecular formula is C32H41N3O7. The summed E-state index contributed by atoms with van der Waals surface area (Å²) in [5.41, 5.74) is 5.04. The molecule has 42 heavy (non-hydrogen) atoms. The number of rotatable bonds is 9. The Morgan fingerprint density at radius 3 is 2.45 bits per heavy atom. The number of nitrogens with zero attached hydrogens (tertiary/aromatic N) is 2. The minimum Gasteiger partial charge on any atom is -0.463 e. The van der Waals surface area contributed by atoms with E-state index in [0.717, 1.165) is 34.9 Å². The predicted octanol–water partition coefficient (Wildman–Crippen LogP) is 5.38. The van der Waals surface area contributed by atoms with Gasteiger partial charge in [0.05, 0.1) is 29.0 Å². The van der Waals surface area contributed by atoms with E-state index in [1.54, 1.807) is 38.3 Å². The van der Waals surface area contributed by atoms with E-state index >= 15 is 0 Å². The van der Waals surface area contributed by atoms with Crippen molar-refractivity contribution in [1.82, 2.24) is 14.9 Å². The normalized spacial score (nSPS) is 12.4. The molecular weight excluding hydrogens is 538 g/mol. The second-order valence-electron chi connectivity index (χ2n) is 10.7. The van der Waals surface area contributed by atoms with Crippen LogP contribution in [0.1, 0.15) is 89.3 Å². The van der Waals surface area contributed by atoms with Gasteiger partial charge in [-0.3, -0.25) is 14.4 Å². The van der Waals surface area contributed by atoms with Crippen LogP contribution in [0.25, 0.3) is 22.3 Å². The number of nitrogens with one attached hydrogen (secondary N) is 1. The van der Waals surface area contributed by atoms with Crippen molar-refractivity contribution in [2.24, 2.45) is 0 Å². The molecule has 10 heteroatoms. The van der Waals surface area contributed by atoms with Crippen molar-refractivity contribution in [3.63, 3.8) is 0 Å². The third-order valence-electron chi connectivity index (χ3n) is 6.84. The standard InChI is InChI=1S/C30H35N3O7.C2H6/c1-7-18-9-10-24-21(11-18)19(8-2)22-14-33-25(27(22)32-24)12-20(23(28(33)36)15-38-16-34)17(3)39-26(35)13-31-29(37)40-30(4,5)6;1-2/h9-12,16-17H,7-8,13-15H2,1-6H3,(H,31,37);1-2H3/t17-;/m1./s1. The SMILES string of the molecule is CC.CCc1ccc2nc3c(c(CC)c2c1)Cn1c-3cc([C@@H](C)OC(=O)CNC(=O)OC(C)(C)C)c(COC=O)c1=O. The topological polar surface area (TPSA) is 126 Å². The molecule has 10 nitrogen and oxygen atoms in total. The molecule has 0 radical (unpaired) electrons. The number of carbonyl (C=O) groups is 3. The van der Waals surface area contributed by atoms with Gasteiger partial charge in [-0.05, 0) is 69.9 Å². The van der Waals surface area contributed by atoms with Crippen LogP contribution in [0.5, 0.6) is 0 Å².